The quantitative estimate of drug-likeness (QED) is 0.487. The van der Waals surface area contributed by atoms with E-state index in [2.05, 4.69) is 24.8 Å². The summed E-state index contributed by atoms with van der Waals surface area (Å²) in [5, 5.41) is 8.44. The first kappa shape index (κ1) is 16.5. The Morgan fingerprint density at radius 1 is 1.00 bits per heavy atom. The first-order chi connectivity index (χ1) is 8.77. The van der Waals surface area contributed by atoms with E-state index in [0.29, 0.717) is 0 Å². The topological polar surface area (TPSA) is 37.3 Å². The summed E-state index contributed by atoms with van der Waals surface area (Å²) < 4.78 is 0. The average molecular weight is 248 g/mol. The third-order valence-electron chi connectivity index (χ3n) is 2.47. The second kappa shape index (κ2) is 13.6. The lowest BCUT2D eigenvalue weighted by Crippen LogP contribution is -1.92. The van der Waals surface area contributed by atoms with E-state index in [1.165, 1.54) is 19.3 Å². The van der Waals surface area contributed by atoms with Crippen LogP contribution in [0.3, 0.4) is 0 Å². The standard InChI is InChI=1S/C16H24O2/c1-2-3-4-5-6-7-8-9-10-11-12-13-14-15-16(17)18/h6-7,10-11H,2-5,12-15H2,1H3,(H,17,18)/b7-6+,11-10-. The molecule has 0 amide bonds. The van der Waals surface area contributed by atoms with Crippen LogP contribution in [0.1, 0.15) is 58.3 Å². The van der Waals surface area contributed by atoms with Gasteiger partial charge < -0.3 is 5.11 Å². The Hall–Kier alpha value is -1.49. The highest BCUT2D eigenvalue weighted by atomic mass is 16.4. The normalized spacial score (nSPS) is 10.7. The molecule has 0 aliphatic rings. The minimum atomic E-state index is -0.716. The summed E-state index contributed by atoms with van der Waals surface area (Å²) in [5.74, 6) is 5.19. The van der Waals surface area contributed by atoms with Crippen molar-refractivity contribution in [2.45, 2.75) is 58.3 Å². The van der Waals surface area contributed by atoms with Crippen molar-refractivity contribution in [2.24, 2.45) is 0 Å². The number of allylic oxidation sites excluding steroid dienone is 4. The van der Waals surface area contributed by atoms with Crippen LogP contribution >= 0.6 is 0 Å². The van der Waals surface area contributed by atoms with Crippen molar-refractivity contribution in [1.82, 2.24) is 0 Å². The number of hydrogen-bond donors (Lipinski definition) is 1. The molecule has 0 rings (SSSR count). The molecule has 0 aliphatic heterocycles. The van der Waals surface area contributed by atoms with Crippen molar-refractivity contribution < 1.29 is 9.90 Å². The molecule has 0 bridgehead atoms. The highest BCUT2D eigenvalue weighted by Crippen LogP contribution is 2.00. The highest BCUT2D eigenvalue weighted by molar-refractivity contribution is 5.66. The van der Waals surface area contributed by atoms with Crippen LogP contribution in [0.2, 0.25) is 0 Å². The Balaban J connectivity index is 3.43. The molecule has 1 N–H and O–H groups in total. The number of carbonyl (C=O) groups is 1. The van der Waals surface area contributed by atoms with E-state index in [1.54, 1.807) is 0 Å². The van der Waals surface area contributed by atoms with Gasteiger partial charge >= 0.3 is 5.97 Å². The summed E-state index contributed by atoms with van der Waals surface area (Å²) in [6.45, 7) is 2.20. The SMILES string of the molecule is CCCCC/C=C/C#C/C=C\CCCCC(=O)O. The molecule has 0 saturated heterocycles. The second-order valence-corrected chi connectivity index (χ2v) is 4.23. The van der Waals surface area contributed by atoms with Crippen LogP contribution in [0.25, 0.3) is 0 Å². The van der Waals surface area contributed by atoms with E-state index in [9.17, 15) is 4.79 Å². The van der Waals surface area contributed by atoms with Crippen molar-refractivity contribution >= 4 is 5.97 Å². The summed E-state index contributed by atoms with van der Waals surface area (Å²) >= 11 is 0. The van der Waals surface area contributed by atoms with Gasteiger partial charge in [-0.2, -0.15) is 0 Å². The molecule has 0 heterocycles. The Bertz CT molecular complexity index is 316. The smallest absolute Gasteiger partial charge is 0.303 e. The monoisotopic (exact) mass is 248 g/mol. The molecule has 2 nitrogen and oxygen atoms in total. The maximum atomic E-state index is 10.3. The van der Waals surface area contributed by atoms with E-state index >= 15 is 0 Å². The zero-order valence-corrected chi connectivity index (χ0v) is 11.3. The molecule has 0 aliphatic carbocycles. The van der Waals surface area contributed by atoms with Crippen LogP contribution in [0.15, 0.2) is 24.3 Å². The molecule has 0 aromatic heterocycles. The van der Waals surface area contributed by atoms with E-state index in [4.69, 9.17) is 5.11 Å². The fourth-order valence-electron chi connectivity index (χ4n) is 1.43. The Morgan fingerprint density at radius 3 is 2.06 bits per heavy atom. The van der Waals surface area contributed by atoms with E-state index in [-0.39, 0.29) is 6.42 Å². The number of rotatable bonds is 9. The molecule has 0 unspecified atom stereocenters. The van der Waals surface area contributed by atoms with Crippen LogP contribution in [0.5, 0.6) is 0 Å². The molecule has 0 atom stereocenters. The van der Waals surface area contributed by atoms with Crippen molar-refractivity contribution in [3.63, 3.8) is 0 Å². The third-order valence-corrected chi connectivity index (χ3v) is 2.47. The van der Waals surface area contributed by atoms with Gasteiger partial charge in [-0.1, -0.05) is 43.8 Å². The van der Waals surface area contributed by atoms with Gasteiger partial charge in [0.1, 0.15) is 0 Å². The third kappa shape index (κ3) is 14.5. The number of carboxylic acids is 1. The zero-order valence-electron chi connectivity index (χ0n) is 11.3. The summed E-state index contributed by atoms with van der Waals surface area (Å²) in [6, 6.07) is 0. The van der Waals surface area contributed by atoms with Crippen molar-refractivity contribution in [1.29, 1.82) is 0 Å². The first-order valence-electron chi connectivity index (χ1n) is 6.80. The predicted molar refractivity (Wildman–Crippen MR) is 76.3 cm³/mol. The lowest BCUT2D eigenvalue weighted by molar-refractivity contribution is -0.137. The largest absolute Gasteiger partial charge is 0.481 e. The van der Waals surface area contributed by atoms with Crippen LogP contribution in [-0.4, -0.2) is 11.1 Å². The van der Waals surface area contributed by atoms with Crippen LogP contribution in [0, 0.1) is 11.8 Å². The van der Waals surface area contributed by atoms with Crippen LogP contribution < -0.4 is 0 Å². The average Bonchev–Trinajstić information content (AvgIpc) is 2.34. The van der Waals surface area contributed by atoms with Gasteiger partial charge in [-0.05, 0) is 44.3 Å². The zero-order chi connectivity index (χ0) is 13.5. The number of carboxylic acid groups (broad SMARTS) is 1. The lowest BCUT2D eigenvalue weighted by Gasteiger charge is -1.91. The maximum Gasteiger partial charge on any atom is 0.303 e. The summed E-state index contributed by atoms with van der Waals surface area (Å²) in [5.41, 5.74) is 0. The molecule has 0 radical (unpaired) electrons. The maximum absolute atomic E-state index is 10.3. The molecule has 0 saturated carbocycles. The van der Waals surface area contributed by atoms with Gasteiger partial charge in [0.05, 0.1) is 0 Å². The molecule has 100 valence electrons. The minimum absolute atomic E-state index is 0.264. The predicted octanol–water partition coefficient (Wildman–Crippen LogP) is 4.33. The second-order valence-electron chi connectivity index (χ2n) is 4.23. The van der Waals surface area contributed by atoms with Gasteiger partial charge in [0.2, 0.25) is 0 Å². The van der Waals surface area contributed by atoms with Gasteiger partial charge in [0.15, 0.2) is 0 Å². The summed E-state index contributed by atoms with van der Waals surface area (Å²) in [4.78, 5) is 10.3. The fraction of sp³-hybridized carbons (Fsp3) is 0.562. The highest BCUT2D eigenvalue weighted by Gasteiger charge is 1.93. The molecule has 0 spiro atoms. The van der Waals surface area contributed by atoms with E-state index in [0.717, 1.165) is 25.7 Å². The van der Waals surface area contributed by atoms with Crippen molar-refractivity contribution in [3.05, 3.63) is 24.3 Å². The Morgan fingerprint density at radius 2 is 1.56 bits per heavy atom. The Labute approximate surface area is 111 Å². The lowest BCUT2D eigenvalue weighted by atomic mass is 10.2. The number of aliphatic carboxylic acids is 1. The first-order valence-corrected chi connectivity index (χ1v) is 6.80. The molecular weight excluding hydrogens is 224 g/mol. The van der Waals surface area contributed by atoms with Crippen LogP contribution in [0.4, 0.5) is 0 Å². The minimum Gasteiger partial charge on any atom is -0.481 e. The number of unbranched alkanes of at least 4 members (excludes halogenated alkanes) is 5. The van der Waals surface area contributed by atoms with Gasteiger partial charge in [0, 0.05) is 6.42 Å². The van der Waals surface area contributed by atoms with Crippen molar-refractivity contribution in [3.8, 4) is 11.8 Å². The molecule has 0 fully saturated rings. The van der Waals surface area contributed by atoms with Gasteiger partial charge in [-0.3, -0.25) is 4.79 Å². The van der Waals surface area contributed by atoms with Gasteiger partial charge in [-0.25, -0.2) is 0 Å². The van der Waals surface area contributed by atoms with E-state index in [1.807, 2.05) is 18.2 Å². The molecule has 2 heteroatoms. The number of hydrogen-bond acceptors (Lipinski definition) is 1. The molecular formula is C16H24O2. The van der Waals surface area contributed by atoms with Gasteiger partial charge in [0.25, 0.3) is 0 Å². The molecule has 0 aromatic carbocycles. The summed E-state index contributed by atoms with van der Waals surface area (Å²) in [7, 11) is 0. The van der Waals surface area contributed by atoms with Crippen LogP contribution in [-0.2, 0) is 4.79 Å². The molecule has 0 aromatic rings. The summed E-state index contributed by atoms with van der Waals surface area (Å²) in [6.07, 6.45) is 15.6. The van der Waals surface area contributed by atoms with Crippen molar-refractivity contribution in [2.75, 3.05) is 0 Å². The van der Waals surface area contributed by atoms with E-state index < -0.39 is 5.97 Å². The fourth-order valence-corrected chi connectivity index (χ4v) is 1.43. The van der Waals surface area contributed by atoms with Gasteiger partial charge in [-0.15, -0.1) is 0 Å². The molecule has 18 heavy (non-hydrogen) atoms. The Kier molecular flexibility index (Phi) is 12.5.